The third-order valence-corrected chi connectivity index (χ3v) is 3.53. The van der Waals surface area contributed by atoms with Gasteiger partial charge >= 0.3 is 0 Å². The predicted octanol–water partition coefficient (Wildman–Crippen LogP) is 3.13. The standard InChI is InChI=1S/C15H24N2/c1-11(2)14-7-5-6-13-10-16-8-9-17(12(3)4)15(13)14/h5-7,11-12,16H,8-10H2,1-4H3. The van der Waals surface area contributed by atoms with Gasteiger partial charge in [-0.15, -0.1) is 0 Å². The lowest BCUT2D eigenvalue weighted by Gasteiger charge is -2.32. The molecule has 2 nitrogen and oxygen atoms in total. The maximum atomic E-state index is 3.51. The molecule has 17 heavy (non-hydrogen) atoms. The molecule has 0 saturated carbocycles. The summed E-state index contributed by atoms with van der Waals surface area (Å²) in [7, 11) is 0. The highest BCUT2D eigenvalue weighted by Crippen LogP contribution is 2.33. The van der Waals surface area contributed by atoms with Gasteiger partial charge in [0.25, 0.3) is 0 Å². The molecule has 1 aliphatic heterocycles. The Morgan fingerprint density at radius 1 is 1.18 bits per heavy atom. The molecule has 0 saturated heterocycles. The summed E-state index contributed by atoms with van der Waals surface area (Å²) in [5.41, 5.74) is 4.41. The lowest BCUT2D eigenvalue weighted by atomic mass is 9.96. The number of anilines is 1. The smallest absolute Gasteiger partial charge is 0.0449 e. The molecule has 1 aromatic rings. The number of benzene rings is 1. The van der Waals surface area contributed by atoms with Gasteiger partial charge in [-0.3, -0.25) is 0 Å². The number of nitrogens with one attached hydrogen (secondary N) is 1. The molecular weight excluding hydrogens is 208 g/mol. The van der Waals surface area contributed by atoms with E-state index in [1.54, 1.807) is 0 Å². The molecule has 0 unspecified atom stereocenters. The Bertz CT molecular complexity index is 383. The van der Waals surface area contributed by atoms with E-state index in [-0.39, 0.29) is 0 Å². The Morgan fingerprint density at radius 3 is 2.59 bits per heavy atom. The second-order valence-corrected chi connectivity index (χ2v) is 5.47. The average Bonchev–Trinajstić information content (AvgIpc) is 2.50. The summed E-state index contributed by atoms with van der Waals surface area (Å²) < 4.78 is 0. The maximum Gasteiger partial charge on any atom is 0.0449 e. The summed E-state index contributed by atoms with van der Waals surface area (Å²) in [5, 5.41) is 3.51. The van der Waals surface area contributed by atoms with Crippen LogP contribution in [0.25, 0.3) is 0 Å². The van der Waals surface area contributed by atoms with E-state index in [0.29, 0.717) is 12.0 Å². The van der Waals surface area contributed by atoms with Crippen LogP contribution in [0.5, 0.6) is 0 Å². The summed E-state index contributed by atoms with van der Waals surface area (Å²) in [6, 6.07) is 7.30. The highest BCUT2D eigenvalue weighted by atomic mass is 15.2. The van der Waals surface area contributed by atoms with E-state index >= 15 is 0 Å². The summed E-state index contributed by atoms with van der Waals surface area (Å²) >= 11 is 0. The molecule has 0 spiro atoms. The van der Waals surface area contributed by atoms with Crippen molar-refractivity contribution in [2.75, 3.05) is 18.0 Å². The molecule has 1 heterocycles. The van der Waals surface area contributed by atoms with Crippen molar-refractivity contribution < 1.29 is 0 Å². The highest BCUT2D eigenvalue weighted by molar-refractivity contribution is 5.62. The molecule has 2 heteroatoms. The van der Waals surface area contributed by atoms with E-state index in [2.05, 4.69) is 56.1 Å². The van der Waals surface area contributed by atoms with Crippen molar-refractivity contribution in [1.29, 1.82) is 0 Å². The third kappa shape index (κ3) is 2.47. The van der Waals surface area contributed by atoms with E-state index in [9.17, 15) is 0 Å². The van der Waals surface area contributed by atoms with Crippen LogP contribution in [0.2, 0.25) is 0 Å². The van der Waals surface area contributed by atoms with Crippen LogP contribution in [0.15, 0.2) is 18.2 Å². The van der Waals surface area contributed by atoms with Crippen LogP contribution in [0.1, 0.15) is 44.7 Å². The van der Waals surface area contributed by atoms with Crippen LogP contribution < -0.4 is 10.2 Å². The number of fused-ring (bicyclic) bond motifs is 1. The molecular formula is C15H24N2. The fourth-order valence-electron chi connectivity index (χ4n) is 2.62. The van der Waals surface area contributed by atoms with E-state index in [1.165, 1.54) is 16.8 Å². The first-order valence-electron chi connectivity index (χ1n) is 6.70. The van der Waals surface area contributed by atoms with Crippen molar-refractivity contribution in [2.24, 2.45) is 0 Å². The van der Waals surface area contributed by atoms with Gasteiger partial charge in [0.1, 0.15) is 0 Å². The van der Waals surface area contributed by atoms with Crippen molar-refractivity contribution in [2.45, 2.75) is 46.2 Å². The van der Waals surface area contributed by atoms with E-state index in [4.69, 9.17) is 0 Å². The summed E-state index contributed by atoms with van der Waals surface area (Å²) in [4.78, 5) is 2.55. The minimum atomic E-state index is 0.563. The number of hydrogen-bond acceptors (Lipinski definition) is 2. The van der Waals surface area contributed by atoms with Gasteiger partial charge in [0.15, 0.2) is 0 Å². The van der Waals surface area contributed by atoms with Crippen LogP contribution in [0, 0.1) is 0 Å². The second kappa shape index (κ2) is 5.09. The Hall–Kier alpha value is -1.02. The van der Waals surface area contributed by atoms with E-state index in [0.717, 1.165) is 19.6 Å². The van der Waals surface area contributed by atoms with Crippen LogP contribution in [0.3, 0.4) is 0 Å². The second-order valence-electron chi connectivity index (χ2n) is 5.47. The Balaban J connectivity index is 2.52. The quantitative estimate of drug-likeness (QED) is 0.843. The van der Waals surface area contributed by atoms with Gasteiger partial charge in [-0.05, 0) is 30.9 Å². The summed E-state index contributed by atoms with van der Waals surface area (Å²) in [6.45, 7) is 12.3. The van der Waals surface area contributed by atoms with Gasteiger partial charge < -0.3 is 10.2 Å². The fraction of sp³-hybridized carbons (Fsp3) is 0.600. The zero-order chi connectivity index (χ0) is 12.4. The van der Waals surface area contributed by atoms with E-state index in [1.807, 2.05) is 0 Å². The van der Waals surface area contributed by atoms with Crippen molar-refractivity contribution in [3.05, 3.63) is 29.3 Å². The number of hydrogen-bond donors (Lipinski definition) is 1. The molecule has 1 aliphatic rings. The summed E-state index contributed by atoms with van der Waals surface area (Å²) in [6.07, 6.45) is 0. The molecule has 0 atom stereocenters. The topological polar surface area (TPSA) is 15.3 Å². The Labute approximate surface area is 105 Å². The van der Waals surface area contributed by atoms with Crippen molar-refractivity contribution in [3.63, 3.8) is 0 Å². The molecule has 0 radical (unpaired) electrons. The largest absolute Gasteiger partial charge is 0.367 e. The van der Waals surface area contributed by atoms with E-state index < -0.39 is 0 Å². The fourth-order valence-corrected chi connectivity index (χ4v) is 2.62. The molecule has 0 amide bonds. The van der Waals surface area contributed by atoms with Crippen molar-refractivity contribution >= 4 is 5.69 Å². The molecule has 1 aromatic carbocycles. The zero-order valence-corrected chi connectivity index (χ0v) is 11.5. The van der Waals surface area contributed by atoms with Crippen LogP contribution >= 0.6 is 0 Å². The average molecular weight is 232 g/mol. The van der Waals surface area contributed by atoms with Crippen LogP contribution in [0.4, 0.5) is 5.69 Å². The minimum Gasteiger partial charge on any atom is -0.367 e. The molecule has 0 aromatic heterocycles. The van der Waals surface area contributed by atoms with Gasteiger partial charge in [0.2, 0.25) is 0 Å². The first-order chi connectivity index (χ1) is 8.11. The molecule has 2 rings (SSSR count). The number of para-hydroxylation sites is 1. The first kappa shape index (κ1) is 12.4. The molecule has 0 fully saturated rings. The van der Waals surface area contributed by atoms with Crippen molar-refractivity contribution in [1.82, 2.24) is 5.32 Å². The van der Waals surface area contributed by atoms with Gasteiger partial charge in [-0.25, -0.2) is 0 Å². The van der Waals surface area contributed by atoms with Crippen LogP contribution in [-0.4, -0.2) is 19.1 Å². The highest BCUT2D eigenvalue weighted by Gasteiger charge is 2.21. The maximum absolute atomic E-state index is 3.51. The molecule has 1 N–H and O–H groups in total. The van der Waals surface area contributed by atoms with Gasteiger partial charge in [-0.1, -0.05) is 32.0 Å². The Morgan fingerprint density at radius 2 is 1.94 bits per heavy atom. The van der Waals surface area contributed by atoms with Crippen LogP contribution in [-0.2, 0) is 6.54 Å². The minimum absolute atomic E-state index is 0.563. The lowest BCUT2D eigenvalue weighted by Crippen LogP contribution is -2.35. The third-order valence-electron chi connectivity index (χ3n) is 3.53. The van der Waals surface area contributed by atoms with Gasteiger partial charge in [0.05, 0.1) is 0 Å². The zero-order valence-electron chi connectivity index (χ0n) is 11.5. The summed E-state index contributed by atoms with van der Waals surface area (Å²) in [5.74, 6) is 0.587. The molecule has 0 aliphatic carbocycles. The first-order valence-corrected chi connectivity index (χ1v) is 6.70. The van der Waals surface area contributed by atoms with Gasteiger partial charge in [0, 0.05) is 31.4 Å². The predicted molar refractivity (Wildman–Crippen MR) is 74.7 cm³/mol. The number of nitrogens with zero attached hydrogens (tertiary/aromatic N) is 1. The Kier molecular flexibility index (Phi) is 3.72. The monoisotopic (exact) mass is 232 g/mol. The lowest BCUT2D eigenvalue weighted by molar-refractivity contribution is 0.644. The molecule has 0 bridgehead atoms. The normalized spacial score (nSPS) is 16.2. The SMILES string of the molecule is CC(C)c1cccc2c1N(C(C)C)CCNC2. The molecule has 94 valence electrons. The van der Waals surface area contributed by atoms with Gasteiger partial charge in [-0.2, -0.15) is 0 Å². The van der Waals surface area contributed by atoms with Crippen molar-refractivity contribution in [3.8, 4) is 0 Å². The number of rotatable bonds is 2.